The number of piperidine rings is 1. The summed E-state index contributed by atoms with van der Waals surface area (Å²) in [6.45, 7) is 1.97. The minimum Gasteiger partial charge on any atom is -0.317 e. The van der Waals surface area contributed by atoms with Crippen molar-refractivity contribution in [3.05, 3.63) is 28.4 Å². The van der Waals surface area contributed by atoms with Crippen LogP contribution in [0.1, 0.15) is 12.8 Å². The van der Waals surface area contributed by atoms with Crippen LogP contribution in [0.4, 0.5) is 5.69 Å². The van der Waals surface area contributed by atoms with Crippen LogP contribution in [-0.2, 0) is 0 Å². The zero-order valence-corrected chi connectivity index (χ0v) is 9.57. The van der Waals surface area contributed by atoms with Crippen LogP contribution in [0.25, 0.3) is 0 Å². The minimum atomic E-state index is -0.365. The number of hydrogen-bond donors (Lipinski definition) is 1. The van der Waals surface area contributed by atoms with E-state index < -0.39 is 0 Å². The van der Waals surface area contributed by atoms with E-state index in [4.69, 9.17) is 0 Å². The van der Waals surface area contributed by atoms with Crippen molar-refractivity contribution in [3.63, 3.8) is 0 Å². The van der Waals surface area contributed by atoms with Crippen molar-refractivity contribution in [3.8, 4) is 0 Å². The zero-order chi connectivity index (χ0) is 11.4. The van der Waals surface area contributed by atoms with Gasteiger partial charge in [-0.1, -0.05) is 11.8 Å². The lowest BCUT2D eigenvalue weighted by atomic mass is 10.2. The Morgan fingerprint density at radius 2 is 2.25 bits per heavy atom. The number of nitro groups is 1. The number of nitrogens with one attached hydrogen (secondary N) is 1. The molecule has 0 spiro atoms. The van der Waals surface area contributed by atoms with E-state index in [2.05, 4.69) is 10.3 Å². The molecule has 1 saturated heterocycles. The van der Waals surface area contributed by atoms with Gasteiger partial charge in [0.05, 0.1) is 4.92 Å². The Morgan fingerprint density at radius 3 is 2.94 bits per heavy atom. The molecule has 0 atom stereocenters. The van der Waals surface area contributed by atoms with Gasteiger partial charge in [0.1, 0.15) is 0 Å². The second-order valence-electron chi connectivity index (χ2n) is 3.65. The molecule has 0 amide bonds. The first kappa shape index (κ1) is 11.3. The van der Waals surface area contributed by atoms with Gasteiger partial charge in [-0.25, -0.2) is 4.98 Å². The molecule has 0 aromatic carbocycles. The van der Waals surface area contributed by atoms with Gasteiger partial charge in [0.15, 0.2) is 5.03 Å². The summed E-state index contributed by atoms with van der Waals surface area (Å²) in [5, 5.41) is 15.1. The minimum absolute atomic E-state index is 0.117. The van der Waals surface area contributed by atoms with Crippen molar-refractivity contribution in [2.75, 3.05) is 13.1 Å². The molecule has 1 aliphatic heterocycles. The maximum absolute atomic E-state index is 10.8. The highest BCUT2D eigenvalue weighted by atomic mass is 32.2. The molecular formula is C10H13N3O2S. The fourth-order valence-corrected chi connectivity index (χ4v) is 2.86. The van der Waals surface area contributed by atoms with Gasteiger partial charge < -0.3 is 5.32 Å². The maximum atomic E-state index is 10.8. The van der Waals surface area contributed by atoms with Crippen LogP contribution >= 0.6 is 11.8 Å². The molecule has 1 aromatic rings. The summed E-state index contributed by atoms with van der Waals surface area (Å²) in [6, 6.07) is 3.11. The van der Waals surface area contributed by atoms with Crippen molar-refractivity contribution < 1.29 is 4.92 Å². The van der Waals surface area contributed by atoms with Gasteiger partial charge >= 0.3 is 5.69 Å². The Labute approximate surface area is 97.8 Å². The molecule has 0 radical (unpaired) electrons. The highest BCUT2D eigenvalue weighted by Gasteiger charge is 2.20. The van der Waals surface area contributed by atoms with E-state index in [9.17, 15) is 10.1 Å². The molecule has 2 rings (SSSR count). The van der Waals surface area contributed by atoms with Gasteiger partial charge in [0.25, 0.3) is 0 Å². The van der Waals surface area contributed by atoms with E-state index in [0.29, 0.717) is 10.3 Å². The molecule has 2 heterocycles. The van der Waals surface area contributed by atoms with Crippen LogP contribution in [-0.4, -0.2) is 28.2 Å². The predicted octanol–water partition coefficient (Wildman–Crippen LogP) is 1.83. The molecule has 5 nitrogen and oxygen atoms in total. The van der Waals surface area contributed by atoms with E-state index >= 15 is 0 Å². The van der Waals surface area contributed by atoms with E-state index in [1.165, 1.54) is 17.8 Å². The normalized spacial score (nSPS) is 17.2. The van der Waals surface area contributed by atoms with Crippen molar-refractivity contribution in [2.24, 2.45) is 0 Å². The lowest BCUT2D eigenvalue weighted by molar-refractivity contribution is -0.388. The third-order valence-electron chi connectivity index (χ3n) is 2.51. The van der Waals surface area contributed by atoms with Crippen LogP contribution in [0.15, 0.2) is 23.4 Å². The third kappa shape index (κ3) is 2.70. The monoisotopic (exact) mass is 239 g/mol. The molecule has 1 N–H and O–H groups in total. The fourth-order valence-electron chi connectivity index (χ4n) is 1.68. The third-order valence-corrected chi connectivity index (χ3v) is 3.85. The second kappa shape index (κ2) is 5.27. The smallest absolute Gasteiger partial charge is 0.301 e. The first-order valence-electron chi connectivity index (χ1n) is 5.24. The Morgan fingerprint density at radius 1 is 1.50 bits per heavy atom. The Bertz CT molecular complexity index is 380. The number of rotatable bonds is 3. The molecule has 0 bridgehead atoms. The molecule has 0 aliphatic carbocycles. The fraction of sp³-hybridized carbons (Fsp3) is 0.500. The predicted molar refractivity (Wildman–Crippen MR) is 62.6 cm³/mol. The molecule has 6 heteroatoms. The van der Waals surface area contributed by atoms with E-state index in [-0.39, 0.29) is 10.6 Å². The SMILES string of the molecule is O=[N+]([O-])c1cccnc1SC1CCNCC1. The molecule has 1 aliphatic rings. The average molecular weight is 239 g/mol. The maximum Gasteiger partial charge on any atom is 0.301 e. The first-order valence-corrected chi connectivity index (χ1v) is 6.12. The topological polar surface area (TPSA) is 68.1 Å². The standard InChI is InChI=1S/C10H13N3O2S/c14-13(15)9-2-1-5-12-10(9)16-8-3-6-11-7-4-8/h1-2,5,8,11H,3-4,6-7H2. The number of hydrogen-bond acceptors (Lipinski definition) is 5. The van der Waals surface area contributed by atoms with Gasteiger partial charge in [0.2, 0.25) is 0 Å². The van der Waals surface area contributed by atoms with Gasteiger partial charge in [0, 0.05) is 17.5 Å². The van der Waals surface area contributed by atoms with E-state index in [1.54, 1.807) is 12.3 Å². The van der Waals surface area contributed by atoms with Crippen LogP contribution in [0.3, 0.4) is 0 Å². The van der Waals surface area contributed by atoms with Crippen molar-refractivity contribution in [2.45, 2.75) is 23.1 Å². The van der Waals surface area contributed by atoms with Gasteiger partial charge in [-0.15, -0.1) is 0 Å². The molecule has 16 heavy (non-hydrogen) atoms. The Balaban J connectivity index is 2.10. The summed E-state index contributed by atoms with van der Waals surface area (Å²) in [5.74, 6) is 0. The summed E-state index contributed by atoms with van der Waals surface area (Å²) in [5.41, 5.74) is 0.117. The van der Waals surface area contributed by atoms with E-state index in [1.807, 2.05) is 0 Å². The van der Waals surface area contributed by atoms with Gasteiger partial charge in [-0.3, -0.25) is 10.1 Å². The second-order valence-corrected chi connectivity index (χ2v) is 4.94. The lowest BCUT2D eigenvalue weighted by Crippen LogP contribution is -2.29. The van der Waals surface area contributed by atoms with Crippen molar-refractivity contribution >= 4 is 17.4 Å². The molecule has 86 valence electrons. The van der Waals surface area contributed by atoms with Crippen LogP contribution in [0.5, 0.6) is 0 Å². The van der Waals surface area contributed by atoms with Gasteiger partial charge in [-0.05, 0) is 32.0 Å². The molecule has 0 unspecified atom stereocenters. The number of pyridine rings is 1. The Hall–Kier alpha value is -1.14. The highest BCUT2D eigenvalue weighted by molar-refractivity contribution is 8.00. The number of aromatic nitrogens is 1. The van der Waals surface area contributed by atoms with Gasteiger partial charge in [-0.2, -0.15) is 0 Å². The summed E-state index contributed by atoms with van der Waals surface area (Å²) >= 11 is 1.53. The van der Waals surface area contributed by atoms with Crippen molar-refractivity contribution in [1.29, 1.82) is 0 Å². The molecule has 1 aromatic heterocycles. The van der Waals surface area contributed by atoms with Crippen LogP contribution in [0.2, 0.25) is 0 Å². The molecule has 0 saturated carbocycles. The van der Waals surface area contributed by atoms with Crippen molar-refractivity contribution in [1.82, 2.24) is 10.3 Å². The summed E-state index contributed by atoms with van der Waals surface area (Å²) < 4.78 is 0. The average Bonchev–Trinajstić information content (AvgIpc) is 2.31. The lowest BCUT2D eigenvalue weighted by Gasteiger charge is -2.21. The molecular weight excluding hydrogens is 226 g/mol. The first-order chi connectivity index (χ1) is 7.77. The Kier molecular flexibility index (Phi) is 3.74. The summed E-state index contributed by atoms with van der Waals surface area (Å²) in [7, 11) is 0. The number of thioether (sulfide) groups is 1. The zero-order valence-electron chi connectivity index (χ0n) is 8.76. The summed E-state index contributed by atoms with van der Waals surface area (Å²) in [4.78, 5) is 14.5. The molecule has 1 fully saturated rings. The summed E-state index contributed by atoms with van der Waals surface area (Å²) in [6.07, 6.45) is 3.69. The van der Waals surface area contributed by atoms with E-state index in [0.717, 1.165) is 25.9 Å². The largest absolute Gasteiger partial charge is 0.317 e. The highest BCUT2D eigenvalue weighted by Crippen LogP contribution is 2.32. The quantitative estimate of drug-likeness (QED) is 0.644. The van der Waals surface area contributed by atoms with Crippen LogP contribution < -0.4 is 5.32 Å². The number of nitrogens with zero attached hydrogens (tertiary/aromatic N) is 2. The van der Waals surface area contributed by atoms with Crippen LogP contribution in [0, 0.1) is 10.1 Å².